The Balaban J connectivity index is 4.40. The van der Waals surface area contributed by atoms with E-state index in [-0.39, 0.29) is 13.2 Å². The van der Waals surface area contributed by atoms with E-state index in [0.29, 0.717) is 0 Å². The van der Waals surface area contributed by atoms with Gasteiger partial charge < -0.3 is 29.2 Å². The second-order valence-corrected chi connectivity index (χ2v) is 6.30. The highest BCUT2D eigenvalue weighted by atomic mass is 16.7. The Morgan fingerprint density at radius 1 is 0.833 bits per heavy atom. The molecule has 8 heteroatoms. The zero-order valence-corrected chi connectivity index (χ0v) is 15.1. The summed E-state index contributed by atoms with van der Waals surface area (Å²) in [6, 6.07) is 0. The lowest BCUT2D eigenvalue weighted by Gasteiger charge is -2.26. The van der Waals surface area contributed by atoms with E-state index >= 15 is 0 Å². The Labute approximate surface area is 142 Å². The third-order valence-electron chi connectivity index (χ3n) is 2.39. The molecule has 0 aliphatic carbocycles. The van der Waals surface area contributed by atoms with Gasteiger partial charge in [-0.3, -0.25) is 0 Å². The third-order valence-corrected chi connectivity index (χ3v) is 2.39. The van der Waals surface area contributed by atoms with Crippen LogP contribution in [-0.4, -0.2) is 59.1 Å². The molecular weight excluding hydrogens is 320 g/mol. The first-order valence-electron chi connectivity index (χ1n) is 7.61. The van der Waals surface area contributed by atoms with Gasteiger partial charge in [0.15, 0.2) is 0 Å². The fourth-order valence-corrected chi connectivity index (χ4v) is 1.39. The fraction of sp³-hybridized carbons (Fsp3) is 0.750. The van der Waals surface area contributed by atoms with E-state index < -0.39 is 35.7 Å². The van der Waals surface area contributed by atoms with Crippen LogP contribution in [0.1, 0.15) is 41.5 Å². The molecule has 0 fully saturated rings. The Bertz CT molecular complexity index is 397. The van der Waals surface area contributed by atoms with Crippen LogP contribution in [0.25, 0.3) is 0 Å². The predicted molar refractivity (Wildman–Crippen MR) is 84.7 cm³/mol. The highest BCUT2D eigenvalue weighted by Crippen LogP contribution is 2.14. The van der Waals surface area contributed by atoms with Crippen molar-refractivity contribution in [2.75, 3.05) is 13.2 Å². The van der Waals surface area contributed by atoms with Crippen LogP contribution in [0, 0.1) is 0 Å². The van der Waals surface area contributed by atoms with Crippen LogP contribution in [0.15, 0.2) is 12.2 Å². The second kappa shape index (κ2) is 9.73. The molecular formula is C16H28O8. The molecule has 0 aliphatic heterocycles. The number of ether oxygens (including phenoxy) is 4. The summed E-state index contributed by atoms with van der Waals surface area (Å²) in [6.07, 6.45) is 0.413. The number of carbonyl (C=O) groups is 2. The van der Waals surface area contributed by atoms with Crippen molar-refractivity contribution in [2.24, 2.45) is 0 Å². The molecule has 0 spiro atoms. The molecule has 24 heavy (non-hydrogen) atoms. The lowest BCUT2D eigenvalue weighted by atomic mass is 10.3. The van der Waals surface area contributed by atoms with E-state index in [1.54, 1.807) is 0 Å². The van der Waals surface area contributed by atoms with Gasteiger partial charge in [-0.2, -0.15) is 0 Å². The smallest absolute Gasteiger partial charge is 0.333 e. The van der Waals surface area contributed by atoms with Crippen molar-refractivity contribution in [2.45, 2.75) is 65.3 Å². The van der Waals surface area contributed by atoms with Crippen LogP contribution >= 0.6 is 0 Å². The van der Waals surface area contributed by atoms with E-state index in [1.165, 1.54) is 41.5 Å². The summed E-state index contributed by atoms with van der Waals surface area (Å²) in [5, 5.41) is 18.3. The van der Waals surface area contributed by atoms with Gasteiger partial charge in [0.2, 0.25) is 11.6 Å². The van der Waals surface area contributed by atoms with Crippen molar-refractivity contribution < 1.29 is 38.7 Å². The van der Waals surface area contributed by atoms with Crippen LogP contribution in [0.3, 0.4) is 0 Å². The Hall–Kier alpha value is -1.48. The minimum atomic E-state index is -1.25. The largest absolute Gasteiger partial charge is 0.431 e. The SMILES string of the molecule is CC(O)COC(C)(C)OC(=O)/C=C/C(=O)OC(C)(C)OCC(C)O. The molecule has 2 unspecified atom stereocenters. The molecule has 0 saturated carbocycles. The zero-order valence-electron chi connectivity index (χ0n) is 15.1. The zero-order chi connectivity index (χ0) is 19.0. The molecule has 140 valence electrons. The maximum Gasteiger partial charge on any atom is 0.333 e. The molecule has 0 bridgehead atoms. The predicted octanol–water partition coefficient (Wildman–Crippen LogP) is 0.896. The summed E-state index contributed by atoms with van der Waals surface area (Å²) in [6.45, 7) is 9.10. The Kier molecular flexibility index (Phi) is 9.13. The van der Waals surface area contributed by atoms with Crippen LogP contribution in [-0.2, 0) is 28.5 Å². The first kappa shape index (κ1) is 22.5. The third kappa shape index (κ3) is 12.0. The van der Waals surface area contributed by atoms with Crippen molar-refractivity contribution >= 4 is 11.9 Å². The molecule has 0 aromatic rings. The number of hydrogen-bond donors (Lipinski definition) is 2. The minimum Gasteiger partial charge on any atom is -0.431 e. The van der Waals surface area contributed by atoms with Gasteiger partial charge in [0.05, 0.1) is 25.4 Å². The molecule has 0 amide bonds. The van der Waals surface area contributed by atoms with Gasteiger partial charge in [-0.25, -0.2) is 9.59 Å². The summed E-state index contributed by atoms with van der Waals surface area (Å²) in [5.41, 5.74) is 0. The van der Waals surface area contributed by atoms with Crippen molar-refractivity contribution in [3.63, 3.8) is 0 Å². The molecule has 0 heterocycles. The number of aliphatic hydroxyl groups is 2. The monoisotopic (exact) mass is 348 g/mol. The van der Waals surface area contributed by atoms with Crippen molar-refractivity contribution in [1.29, 1.82) is 0 Å². The summed E-state index contributed by atoms with van der Waals surface area (Å²) in [4.78, 5) is 23.3. The molecule has 0 aromatic heterocycles. The van der Waals surface area contributed by atoms with Gasteiger partial charge >= 0.3 is 11.9 Å². The maximum absolute atomic E-state index is 11.7. The standard InChI is InChI=1S/C16H28O8/c1-11(17)9-21-15(3,4)23-13(19)7-8-14(20)24-16(5,6)22-10-12(2)18/h7-8,11-12,17-18H,9-10H2,1-6H3/b8-7+. The lowest BCUT2D eigenvalue weighted by Crippen LogP contribution is -2.34. The van der Waals surface area contributed by atoms with Crippen LogP contribution in [0.4, 0.5) is 0 Å². The molecule has 0 aromatic carbocycles. The van der Waals surface area contributed by atoms with Gasteiger partial charge in [-0.1, -0.05) is 0 Å². The van der Waals surface area contributed by atoms with Gasteiger partial charge in [-0.05, 0) is 13.8 Å². The number of carbonyl (C=O) groups excluding carboxylic acids is 2. The maximum atomic E-state index is 11.7. The average molecular weight is 348 g/mol. The molecule has 8 nitrogen and oxygen atoms in total. The van der Waals surface area contributed by atoms with Crippen molar-refractivity contribution in [1.82, 2.24) is 0 Å². The number of hydrogen-bond acceptors (Lipinski definition) is 8. The van der Waals surface area contributed by atoms with E-state index in [9.17, 15) is 9.59 Å². The van der Waals surface area contributed by atoms with Crippen molar-refractivity contribution in [3.8, 4) is 0 Å². The number of esters is 2. The first-order valence-corrected chi connectivity index (χ1v) is 7.61. The van der Waals surface area contributed by atoms with Gasteiger partial charge in [0, 0.05) is 39.8 Å². The molecule has 0 aliphatic rings. The summed E-state index contributed by atoms with van der Waals surface area (Å²) < 4.78 is 20.5. The van der Waals surface area contributed by atoms with Gasteiger partial charge in [0.1, 0.15) is 0 Å². The quantitative estimate of drug-likeness (QED) is 0.340. The summed E-state index contributed by atoms with van der Waals surface area (Å²) >= 11 is 0. The van der Waals surface area contributed by atoms with Crippen LogP contribution < -0.4 is 0 Å². The topological polar surface area (TPSA) is 112 Å². The molecule has 0 radical (unpaired) electrons. The van der Waals surface area contributed by atoms with Crippen molar-refractivity contribution in [3.05, 3.63) is 12.2 Å². The molecule has 2 atom stereocenters. The molecule has 2 N–H and O–H groups in total. The first-order chi connectivity index (χ1) is 10.8. The summed E-state index contributed by atoms with van der Waals surface area (Å²) in [7, 11) is 0. The Morgan fingerprint density at radius 3 is 1.38 bits per heavy atom. The van der Waals surface area contributed by atoms with E-state index in [0.717, 1.165) is 12.2 Å². The van der Waals surface area contributed by atoms with Gasteiger partial charge in [-0.15, -0.1) is 0 Å². The highest BCUT2D eigenvalue weighted by Gasteiger charge is 2.25. The Morgan fingerprint density at radius 2 is 1.12 bits per heavy atom. The molecule has 0 saturated heterocycles. The minimum absolute atomic E-state index is 0.000837. The normalized spacial score (nSPS) is 15.2. The average Bonchev–Trinajstić information content (AvgIpc) is 2.40. The highest BCUT2D eigenvalue weighted by molar-refractivity contribution is 5.91. The lowest BCUT2D eigenvalue weighted by molar-refractivity contribution is -0.220. The van der Waals surface area contributed by atoms with E-state index in [4.69, 9.17) is 29.2 Å². The number of rotatable bonds is 10. The van der Waals surface area contributed by atoms with Gasteiger partial charge in [0.25, 0.3) is 0 Å². The fourth-order valence-electron chi connectivity index (χ4n) is 1.39. The van der Waals surface area contributed by atoms with Crippen LogP contribution in [0.2, 0.25) is 0 Å². The summed E-state index contributed by atoms with van der Waals surface area (Å²) in [5.74, 6) is -4.10. The number of aliphatic hydroxyl groups excluding tert-OH is 2. The van der Waals surface area contributed by atoms with Crippen LogP contribution in [0.5, 0.6) is 0 Å². The van der Waals surface area contributed by atoms with E-state index in [1.807, 2.05) is 0 Å². The molecule has 0 rings (SSSR count). The van der Waals surface area contributed by atoms with E-state index in [2.05, 4.69) is 0 Å². The second-order valence-electron chi connectivity index (χ2n) is 6.30.